The summed E-state index contributed by atoms with van der Waals surface area (Å²) in [4.78, 5) is 42.2. The van der Waals surface area contributed by atoms with Crippen molar-refractivity contribution in [1.82, 2.24) is 44.6 Å². The first-order valence-electron chi connectivity index (χ1n) is 15.6. The van der Waals surface area contributed by atoms with Gasteiger partial charge in [0.1, 0.15) is 5.69 Å². The van der Waals surface area contributed by atoms with Gasteiger partial charge in [-0.15, -0.1) is 5.10 Å². The number of hydrogen-bond donors (Lipinski definition) is 2. The molecule has 0 amide bonds. The van der Waals surface area contributed by atoms with Crippen molar-refractivity contribution in [3.05, 3.63) is 83.9 Å². The third-order valence-electron chi connectivity index (χ3n) is 8.46. The first-order valence-corrected chi connectivity index (χ1v) is 15.6. The Bertz CT molecular complexity index is 1620. The Morgan fingerprint density at radius 3 is 1.81 bits per heavy atom. The normalized spacial score (nSPS) is 19.6. The van der Waals surface area contributed by atoms with Crippen LogP contribution in [-0.2, 0) is 29.2 Å². The van der Waals surface area contributed by atoms with Gasteiger partial charge >= 0.3 is 11.9 Å². The molecule has 1 radical (unpaired) electrons. The van der Waals surface area contributed by atoms with E-state index in [2.05, 4.69) is 44.4 Å². The average molecular weight is 765 g/mol. The summed E-state index contributed by atoms with van der Waals surface area (Å²) in [6.45, 7) is 6.03. The van der Waals surface area contributed by atoms with Crippen molar-refractivity contribution in [2.45, 2.75) is 19.6 Å². The summed E-state index contributed by atoms with van der Waals surface area (Å²) in [5, 5.41) is 28.0. The summed E-state index contributed by atoms with van der Waals surface area (Å²) in [5.41, 5.74) is 6.18. The van der Waals surface area contributed by atoms with E-state index in [4.69, 9.17) is 9.97 Å². The number of carboxylic acids is 2. The van der Waals surface area contributed by atoms with E-state index < -0.39 is 11.9 Å². The van der Waals surface area contributed by atoms with E-state index in [-0.39, 0.29) is 48.7 Å². The SMILES string of the molecule is O=C(O)CN1CCN2CCN(CC(=O)O)CCN(CC1)Cc1cccc(n1)-c1cnnn1Cc1cc(-c3ccccc3)cc(n1)C2.[La]. The molecule has 3 aromatic heterocycles. The Labute approximate surface area is 301 Å². The van der Waals surface area contributed by atoms with Crippen molar-refractivity contribution in [3.8, 4) is 22.5 Å². The summed E-state index contributed by atoms with van der Waals surface area (Å²) >= 11 is 0. The molecule has 1 fully saturated rings. The molecule has 3 aliphatic heterocycles. The third-order valence-corrected chi connectivity index (χ3v) is 8.46. The predicted octanol–water partition coefficient (Wildman–Crippen LogP) is 1.85. The van der Waals surface area contributed by atoms with Crippen LogP contribution in [0.4, 0.5) is 0 Å². The Morgan fingerprint density at radius 2 is 1.21 bits per heavy atom. The zero-order valence-corrected chi connectivity index (χ0v) is 30.0. The Hall–Kier alpha value is -3.37. The second-order valence-electron chi connectivity index (χ2n) is 11.9. The molecular formula is C33H39LaN9O4. The molecule has 0 spiro atoms. The minimum atomic E-state index is -0.860. The molecule has 7 rings (SSSR count). The fourth-order valence-corrected chi connectivity index (χ4v) is 6.10. The summed E-state index contributed by atoms with van der Waals surface area (Å²) in [7, 11) is 0. The van der Waals surface area contributed by atoms with E-state index in [1.807, 2.05) is 50.9 Å². The number of hydrogen-bond acceptors (Lipinski definition) is 10. The molecule has 0 saturated carbocycles. The molecule has 4 aromatic rings. The fourth-order valence-electron chi connectivity index (χ4n) is 6.10. The number of aromatic nitrogens is 5. The van der Waals surface area contributed by atoms with E-state index in [9.17, 15) is 19.8 Å². The second-order valence-corrected chi connectivity index (χ2v) is 11.9. The summed E-state index contributed by atoms with van der Waals surface area (Å²) in [6, 6.07) is 20.2. The Balaban J connectivity index is 0.00000433. The number of aliphatic carboxylic acids is 2. The van der Waals surface area contributed by atoms with Crippen LogP contribution in [0.25, 0.3) is 22.5 Å². The number of carbonyl (C=O) groups is 2. The van der Waals surface area contributed by atoms with Crippen molar-refractivity contribution in [2.24, 2.45) is 0 Å². The minimum Gasteiger partial charge on any atom is -0.480 e. The molecule has 1 aromatic carbocycles. The van der Waals surface area contributed by atoms with Gasteiger partial charge in [0.15, 0.2) is 0 Å². The quantitative estimate of drug-likeness (QED) is 0.306. The largest absolute Gasteiger partial charge is 0.480 e. The third kappa shape index (κ3) is 9.83. The summed E-state index contributed by atoms with van der Waals surface area (Å²) in [6.07, 6.45) is 1.72. The number of carboxylic acid groups (broad SMARTS) is 2. The molecular weight excluding hydrogens is 725 g/mol. The van der Waals surface area contributed by atoms with Crippen molar-refractivity contribution in [1.29, 1.82) is 0 Å². The van der Waals surface area contributed by atoms with Crippen LogP contribution < -0.4 is 0 Å². The van der Waals surface area contributed by atoms with Crippen LogP contribution in [0.2, 0.25) is 0 Å². The molecule has 243 valence electrons. The maximum Gasteiger partial charge on any atom is 0.317 e. The molecule has 0 atom stereocenters. The molecule has 6 bridgehead atoms. The van der Waals surface area contributed by atoms with E-state index >= 15 is 0 Å². The molecule has 47 heavy (non-hydrogen) atoms. The molecule has 3 aliphatic rings. The number of fused-ring (bicyclic) bond motifs is 8. The van der Waals surface area contributed by atoms with Crippen molar-refractivity contribution in [3.63, 3.8) is 0 Å². The summed E-state index contributed by atoms with van der Waals surface area (Å²) in [5.74, 6) is -1.72. The van der Waals surface area contributed by atoms with Gasteiger partial charge in [0.25, 0.3) is 0 Å². The van der Waals surface area contributed by atoms with E-state index in [1.54, 1.807) is 6.20 Å². The zero-order chi connectivity index (χ0) is 31.9. The van der Waals surface area contributed by atoms with E-state index in [1.165, 1.54) is 0 Å². The maximum atomic E-state index is 11.8. The molecule has 0 aliphatic carbocycles. The smallest absolute Gasteiger partial charge is 0.317 e. The van der Waals surface area contributed by atoms with Gasteiger partial charge in [-0.25, -0.2) is 9.67 Å². The van der Waals surface area contributed by atoms with Gasteiger partial charge in [-0.05, 0) is 35.4 Å². The number of pyridine rings is 2. The molecule has 1 saturated heterocycles. The van der Waals surface area contributed by atoms with Gasteiger partial charge in [-0.2, -0.15) is 0 Å². The minimum absolute atomic E-state index is 0. The van der Waals surface area contributed by atoms with Crippen LogP contribution in [0.5, 0.6) is 0 Å². The van der Waals surface area contributed by atoms with Gasteiger partial charge in [0.2, 0.25) is 0 Å². The first kappa shape index (κ1) is 35.0. The van der Waals surface area contributed by atoms with Gasteiger partial charge in [0, 0.05) is 101 Å². The van der Waals surface area contributed by atoms with Crippen LogP contribution in [0, 0.1) is 35.6 Å². The molecule has 14 heteroatoms. The first-order chi connectivity index (χ1) is 22.4. The number of rotatable bonds is 5. The average Bonchev–Trinajstić information content (AvgIpc) is 3.50. The Kier molecular flexibility index (Phi) is 12.4. The second kappa shape index (κ2) is 16.6. The van der Waals surface area contributed by atoms with Gasteiger partial charge in [0.05, 0.1) is 48.6 Å². The van der Waals surface area contributed by atoms with Crippen LogP contribution in [0.1, 0.15) is 17.1 Å². The number of benzene rings is 1. The van der Waals surface area contributed by atoms with Gasteiger partial charge in [-0.1, -0.05) is 41.6 Å². The molecule has 2 N–H and O–H groups in total. The zero-order valence-electron chi connectivity index (χ0n) is 26.4. The molecule has 0 unspecified atom stereocenters. The van der Waals surface area contributed by atoms with Crippen LogP contribution in [-0.4, -0.2) is 132 Å². The van der Waals surface area contributed by atoms with Crippen molar-refractivity contribution in [2.75, 3.05) is 65.4 Å². The van der Waals surface area contributed by atoms with E-state index in [0.717, 1.165) is 39.6 Å². The van der Waals surface area contributed by atoms with Crippen LogP contribution >= 0.6 is 0 Å². The number of nitrogens with zero attached hydrogens (tertiary/aromatic N) is 9. The van der Waals surface area contributed by atoms with E-state index in [0.29, 0.717) is 72.0 Å². The Morgan fingerprint density at radius 1 is 0.638 bits per heavy atom. The monoisotopic (exact) mass is 764 g/mol. The standard InChI is InChI=1S/C33H39N9O4.La/c43-32(44)23-40-13-9-38-10-14-41(24-33(45)46)16-12-39(11-15-40)21-28-17-26(25-5-2-1-3-6-25)18-29(35-28)22-42-31(19-34-37-42)30-8-4-7-27(20-38)36-30;/h1-8,17-19H,9-16,20-24H2,(H,43,44)(H,45,46);. The van der Waals surface area contributed by atoms with Crippen LogP contribution in [0.3, 0.4) is 0 Å². The molecule has 6 heterocycles. The van der Waals surface area contributed by atoms with Crippen molar-refractivity contribution < 1.29 is 55.4 Å². The predicted molar refractivity (Wildman–Crippen MR) is 171 cm³/mol. The van der Waals surface area contributed by atoms with Gasteiger partial charge in [-0.3, -0.25) is 34.2 Å². The fraction of sp³-hybridized carbons (Fsp3) is 0.394. The molecule has 13 nitrogen and oxygen atoms in total. The summed E-state index contributed by atoms with van der Waals surface area (Å²) < 4.78 is 1.84. The topological polar surface area (TPSA) is 144 Å². The van der Waals surface area contributed by atoms with Crippen molar-refractivity contribution >= 4 is 11.9 Å². The maximum absolute atomic E-state index is 11.8. The van der Waals surface area contributed by atoms with Gasteiger partial charge < -0.3 is 10.2 Å². The van der Waals surface area contributed by atoms with Crippen LogP contribution in [0.15, 0.2) is 66.9 Å².